The molecule has 0 aromatic carbocycles. The average Bonchev–Trinajstić information content (AvgIpc) is 3.04. The standard InChI is InChI=1S/C17H19BrCl2FN5O2/c1-4-26-12(5-6-23-26)14(27)25-16(2,9-17(3,19)20)15(28)24-13-11(21)7-10(18)8-22-13/h5-8H,4,9H2,1-3H3,(H,25,27)(H,22,24,28). The molecule has 0 radical (unpaired) electrons. The number of anilines is 1. The Morgan fingerprint density at radius 1 is 1.36 bits per heavy atom. The van der Waals surface area contributed by atoms with Gasteiger partial charge in [-0.05, 0) is 48.8 Å². The number of aryl methyl sites for hydroxylation is 1. The first kappa shape index (κ1) is 22.6. The number of hydrogen-bond acceptors (Lipinski definition) is 4. The van der Waals surface area contributed by atoms with Gasteiger partial charge in [-0.15, -0.1) is 23.2 Å². The summed E-state index contributed by atoms with van der Waals surface area (Å²) in [7, 11) is 0. The SMILES string of the molecule is CCn1nccc1C(=O)NC(C)(CC(C)(Cl)Cl)C(=O)Nc1ncc(Br)cc1F. The second kappa shape index (κ2) is 8.75. The largest absolute Gasteiger partial charge is 0.336 e. The van der Waals surface area contributed by atoms with Gasteiger partial charge in [0, 0.05) is 29.8 Å². The molecule has 2 aromatic heterocycles. The normalized spacial score (nSPS) is 13.7. The molecule has 7 nitrogen and oxygen atoms in total. The van der Waals surface area contributed by atoms with Crippen LogP contribution in [-0.4, -0.2) is 36.5 Å². The first-order valence-electron chi connectivity index (χ1n) is 8.30. The Morgan fingerprint density at radius 3 is 2.61 bits per heavy atom. The fraction of sp³-hybridized carbons (Fsp3) is 0.412. The second-order valence-corrected chi connectivity index (χ2v) is 9.28. The minimum Gasteiger partial charge on any atom is -0.336 e. The van der Waals surface area contributed by atoms with E-state index in [4.69, 9.17) is 23.2 Å². The zero-order valence-corrected chi connectivity index (χ0v) is 18.5. The van der Waals surface area contributed by atoms with E-state index in [2.05, 4.69) is 36.6 Å². The topological polar surface area (TPSA) is 88.9 Å². The third kappa shape index (κ3) is 5.65. The van der Waals surface area contributed by atoms with Gasteiger partial charge in [0.25, 0.3) is 11.8 Å². The van der Waals surface area contributed by atoms with E-state index in [-0.39, 0.29) is 17.9 Å². The molecule has 152 valence electrons. The highest BCUT2D eigenvalue weighted by Crippen LogP contribution is 2.32. The maximum absolute atomic E-state index is 14.1. The summed E-state index contributed by atoms with van der Waals surface area (Å²) < 4.78 is 14.6. The van der Waals surface area contributed by atoms with Gasteiger partial charge in [-0.3, -0.25) is 14.3 Å². The smallest absolute Gasteiger partial charge is 0.270 e. The zero-order chi connectivity index (χ0) is 21.1. The van der Waals surface area contributed by atoms with Crippen molar-refractivity contribution < 1.29 is 14.0 Å². The molecule has 0 spiro atoms. The van der Waals surface area contributed by atoms with Crippen LogP contribution in [0.1, 0.15) is 37.7 Å². The highest BCUT2D eigenvalue weighted by Gasteiger charge is 2.41. The van der Waals surface area contributed by atoms with Crippen molar-refractivity contribution in [1.82, 2.24) is 20.1 Å². The molecular weight excluding hydrogens is 476 g/mol. The summed E-state index contributed by atoms with van der Waals surface area (Å²) in [6.07, 6.45) is 2.67. The Balaban J connectivity index is 2.31. The van der Waals surface area contributed by atoms with Gasteiger partial charge in [-0.2, -0.15) is 5.10 Å². The third-order valence-corrected chi connectivity index (χ3v) is 4.54. The monoisotopic (exact) mass is 493 g/mol. The molecule has 0 saturated carbocycles. The van der Waals surface area contributed by atoms with Gasteiger partial charge in [-0.1, -0.05) is 0 Å². The minimum atomic E-state index is -1.56. The minimum absolute atomic E-state index is 0.140. The molecule has 28 heavy (non-hydrogen) atoms. The van der Waals surface area contributed by atoms with Crippen molar-refractivity contribution in [1.29, 1.82) is 0 Å². The predicted molar refractivity (Wildman–Crippen MR) is 109 cm³/mol. The van der Waals surface area contributed by atoms with Gasteiger partial charge in [0.05, 0.1) is 0 Å². The van der Waals surface area contributed by atoms with E-state index in [9.17, 15) is 14.0 Å². The van der Waals surface area contributed by atoms with Crippen LogP contribution in [0, 0.1) is 5.82 Å². The van der Waals surface area contributed by atoms with Crippen molar-refractivity contribution in [3.63, 3.8) is 0 Å². The van der Waals surface area contributed by atoms with Gasteiger partial charge in [0.1, 0.15) is 15.6 Å². The quantitative estimate of drug-likeness (QED) is 0.571. The van der Waals surface area contributed by atoms with E-state index >= 15 is 0 Å². The van der Waals surface area contributed by atoms with Gasteiger partial charge in [-0.25, -0.2) is 9.37 Å². The lowest BCUT2D eigenvalue weighted by molar-refractivity contribution is -0.122. The summed E-state index contributed by atoms with van der Waals surface area (Å²) >= 11 is 15.3. The van der Waals surface area contributed by atoms with E-state index in [1.165, 1.54) is 37.0 Å². The number of hydrogen-bond donors (Lipinski definition) is 2. The number of rotatable bonds is 7. The first-order valence-corrected chi connectivity index (χ1v) is 9.85. The zero-order valence-electron chi connectivity index (χ0n) is 15.4. The Kier molecular flexibility index (Phi) is 7.06. The lowest BCUT2D eigenvalue weighted by Gasteiger charge is -2.33. The van der Waals surface area contributed by atoms with Crippen molar-refractivity contribution in [2.75, 3.05) is 5.32 Å². The van der Waals surface area contributed by atoms with Crippen LogP contribution in [0.3, 0.4) is 0 Å². The Morgan fingerprint density at radius 2 is 2.04 bits per heavy atom. The molecular formula is C17H19BrCl2FN5O2. The molecule has 0 aliphatic rings. The molecule has 11 heteroatoms. The van der Waals surface area contributed by atoms with Gasteiger partial charge >= 0.3 is 0 Å². The van der Waals surface area contributed by atoms with E-state index in [0.717, 1.165) is 6.07 Å². The predicted octanol–water partition coefficient (Wildman–Crippen LogP) is 3.91. The van der Waals surface area contributed by atoms with Crippen LogP contribution in [0.15, 0.2) is 29.0 Å². The van der Waals surface area contributed by atoms with Crippen LogP contribution in [0.2, 0.25) is 0 Å². The number of carbonyl (C=O) groups is 2. The molecule has 0 saturated heterocycles. The third-order valence-electron chi connectivity index (χ3n) is 3.84. The van der Waals surface area contributed by atoms with E-state index in [1.807, 2.05) is 6.92 Å². The number of nitrogens with one attached hydrogen (secondary N) is 2. The van der Waals surface area contributed by atoms with Gasteiger partial charge in [0.15, 0.2) is 11.6 Å². The summed E-state index contributed by atoms with van der Waals surface area (Å²) in [6.45, 7) is 5.23. The van der Waals surface area contributed by atoms with Crippen molar-refractivity contribution in [2.24, 2.45) is 0 Å². The molecule has 0 aliphatic heterocycles. The van der Waals surface area contributed by atoms with Crippen LogP contribution in [-0.2, 0) is 11.3 Å². The number of nitrogens with zero attached hydrogens (tertiary/aromatic N) is 3. The van der Waals surface area contributed by atoms with Crippen molar-refractivity contribution in [3.8, 4) is 0 Å². The lowest BCUT2D eigenvalue weighted by Crippen LogP contribution is -2.57. The van der Waals surface area contributed by atoms with Crippen LogP contribution in [0.25, 0.3) is 0 Å². The number of pyridine rings is 1. The van der Waals surface area contributed by atoms with Crippen molar-refractivity contribution in [2.45, 2.75) is 43.6 Å². The summed E-state index contributed by atoms with van der Waals surface area (Å²) in [5, 5.41) is 9.05. The molecule has 2 rings (SSSR count). The van der Waals surface area contributed by atoms with Crippen molar-refractivity contribution >= 4 is 56.8 Å². The highest BCUT2D eigenvalue weighted by molar-refractivity contribution is 9.10. The van der Waals surface area contributed by atoms with Crippen LogP contribution >= 0.6 is 39.1 Å². The summed E-state index contributed by atoms with van der Waals surface area (Å²) in [5.41, 5.74) is -1.29. The van der Waals surface area contributed by atoms with Crippen LogP contribution in [0.4, 0.5) is 10.2 Å². The second-order valence-electron chi connectivity index (χ2n) is 6.50. The number of carbonyl (C=O) groups excluding carboxylic acids is 2. The fourth-order valence-corrected chi connectivity index (χ4v) is 3.48. The average molecular weight is 495 g/mol. The first-order chi connectivity index (χ1) is 12.9. The van der Waals surface area contributed by atoms with Gasteiger partial charge < -0.3 is 10.6 Å². The molecule has 1 unspecified atom stereocenters. The number of halogens is 4. The summed E-state index contributed by atoms with van der Waals surface area (Å²) in [5.74, 6) is -2.28. The van der Waals surface area contributed by atoms with E-state index in [0.29, 0.717) is 11.0 Å². The Bertz CT molecular complexity index is 887. The van der Waals surface area contributed by atoms with E-state index in [1.54, 1.807) is 0 Å². The highest BCUT2D eigenvalue weighted by atomic mass is 79.9. The Hall–Kier alpha value is -1.71. The molecule has 2 amide bonds. The summed E-state index contributed by atoms with van der Waals surface area (Å²) in [6, 6.07) is 2.68. The maximum atomic E-state index is 14.1. The van der Waals surface area contributed by atoms with E-state index < -0.39 is 27.5 Å². The molecule has 1 atom stereocenters. The van der Waals surface area contributed by atoms with Gasteiger partial charge in [0.2, 0.25) is 0 Å². The number of alkyl halides is 2. The molecule has 0 bridgehead atoms. The van der Waals surface area contributed by atoms with Crippen LogP contribution in [0.5, 0.6) is 0 Å². The van der Waals surface area contributed by atoms with Crippen LogP contribution < -0.4 is 10.6 Å². The lowest BCUT2D eigenvalue weighted by atomic mass is 9.94. The Labute approximate surface area is 180 Å². The molecule has 2 N–H and O–H groups in total. The molecule has 2 aromatic rings. The maximum Gasteiger partial charge on any atom is 0.270 e. The molecule has 0 fully saturated rings. The van der Waals surface area contributed by atoms with Crippen molar-refractivity contribution in [3.05, 3.63) is 40.5 Å². The summed E-state index contributed by atoms with van der Waals surface area (Å²) in [4.78, 5) is 29.5. The molecule has 2 heterocycles. The number of amides is 2. The number of aromatic nitrogens is 3. The molecule has 0 aliphatic carbocycles. The fourth-order valence-electron chi connectivity index (χ4n) is 2.65.